The average Bonchev–Trinajstić information content (AvgIpc) is 3.58. The molecule has 7 rings (SSSR count). The molecule has 3 unspecified atom stereocenters. The van der Waals surface area contributed by atoms with Crippen LogP contribution in [0.4, 0.5) is 4.39 Å². The van der Waals surface area contributed by atoms with Gasteiger partial charge in [0.1, 0.15) is 6.10 Å². The maximum absolute atomic E-state index is 15.4. The zero-order chi connectivity index (χ0) is 32.0. The van der Waals surface area contributed by atoms with Crippen molar-refractivity contribution in [2.75, 3.05) is 6.61 Å². The first-order valence-electron chi connectivity index (χ1n) is 17.7. The third kappa shape index (κ3) is 3.91. The topological polar surface area (TPSA) is 109 Å². The van der Waals surface area contributed by atoms with Crippen molar-refractivity contribution in [1.82, 2.24) is 0 Å². The Balaban J connectivity index is 1.14. The molecule has 0 radical (unpaired) electrons. The molecule has 0 aromatic heterocycles. The summed E-state index contributed by atoms with van der Waals surface area (Å²) in [5.41, 5.74) is -1.52. The molecule has 17 atom stereocenters. The van der Waals surface area contributed by atoms with Gasteiger partial charge in [-0.05, 0) is 111 Å². The van der Waals surface area contributed by atoms with E-state index in [1.165, 1.54) is 26.7 Å². The fraction of sp³-hybridized carbons (Fsp3) is 1.00. The Morgan fingerprint density at radius 1 is 0.932 bits per heavy atom. The molecule has 4 N–H and O–H groups in total. The lowest BCUT2D eigenvalue weighted by Gasteiger charge is -2.64. The summed E-state index contributed by atoms with van der Waals surface area (Å²) in [6, 6.07) is 0. The van der Waals surface area contributed by atoms with Gasteiger partial charge in [0.2, 0.25) is 0 Å². The molecule has 0 aromatic rings. The Labute approximate surface area is 263 Å². The number of hydrogen-bond acceptors (Lipinski definition) is 7. The van der Waals surface area contributed by atoms with E-state index in [9.17, 15) is 20.4 Å². The number of ether oxygens (including phenoxy) is 3. The zero-order valence-electron chi connectivity index (χ0n) is 28.3. The Bertz CT molecular complexity index is 1140. The summed E-state index contributed by atoms with van der Waals surface area (Å²) in [5, 5.41) is 43.4. The van der Waals surface area contributed by atoms with Gasteiger partial charge in [-0.25, -0.2) is 4.39 Å². The van der Waals surface area contributed by atoms with E-state index in [1.54, 1.807) is 0 Å². The van der Waals surface area contributed by atoms with Crippen molar-refractivity contribution in [3.63, 3.8) is 0 Å². The zero-order valence-corrected chi connectivity index (χ0v) is 28.3. The maximum Gasteiger partial charge on any atom is 0.163 e. The number of aliphatic hydroxyl groups is 4. The van der Waals surface area contributed by atoms with Gasteiger partial charge in [0.15, 0.2) is 12.5 Å². The van der Waals surface area contributed by atoms with E-state index < -0.39 is 48.6 Å². The molecule has 2 spiro atoms. The third-order valence-electron chi connectivity index (χ3n) is 15.9. The van der Waals surface area contributed by atoms with E-state index >= 15 is 4.39 Å². The van der Waals surface area contributed by atoms with Gasteiger partial charge in [0.05, 0.1) is 42.7 Å². The summed E-state index contributed by atoms with van der Waals surface area (Å²) in [5.74, 6) is 0.977. The first-order chi connectivity index (χ1) is 20.4. The predicted octanol–water partition coefficient (Wildman–Crippen LogP) is 5.01. The summed E-state index contributed by atoms with van der Waals surface area (Å²) < 4.78 is 34.6. The normalized spacial score (nSPS) is 58.6. The number of fused-ring (bicyclic) bond motifs is 4. The molecule has 2 heterocycles. The van der Waals surface area contributed by atoms with E-state index in [0.717, 1.165) is 32.1 Å². The number of halogens is 1. The van der Waals surface area contributed by atoms with Gasteiger partial charge in [-0.3, -0.25) is 0 Å². The molecule has 252 valence electrons. The van der Waals surface area contributed by atoms with Crippen LogP contribution in [0.25, 0.3) is 0 Å². The molecule has 0 amide bonds. The van der Waals surface area contributed by atoms with Crippen molar-refractivity contribution >= 4 is 0 Å². The highest BCUT2D eigenvalue weighted by molar-refractivity contribution is 5.33. The fourth-order valence-electron chi connectivity index (χ4n) is 13.5. The number of rotatable bonds is 4. The standard InChI is InChI=1S/C36H59FO7/c1-18-15-21(28(37)32(5,6)41)43-27-25(18)33(7)13-14-36-17-35(36)12-11-24(44-30-19(2)26(39)20(38)16-42-30)31(3,4)22(35)9-10-23(36)34(33,8)29(27)40/h18-30,38-41H,9-17H2,1-8H3/t18-,19-,20-,21-,22+,23+,24+,25?,26-,27?,28-,29+,30?,33-,34-,35-,36+/m1/s1. The van der Waals surface area contributed by atoms with Crippen LogP contribution >= 0.6 is 0 Å². The highest BCUT2D eigenvalue weighted by Gasteiger charge is 2.84. The van der Waals surface area contributed by atoms with Crippen LogP contribution in [0.15, 0.2) is 0 Å². The second-order valence-corrected chi connectivity index (χ2v) is 18.4. The van der Waals surface area contributed by atoms with Gasteiger partial charge >= 0.3 is 0 Å². The number of alkyl halides is 1. The van der Waals surface area contributed by atoms with Crippen LogP contribution in [-0.4, -0.2) is 81.7 Å². The SMILES string of the molecule is C[C@@H]1C[C@H]([C@@H](F)C(C)(C)O)OC2C1[C@@]1(C)CC[C@@]34C[C@@]35CC[C@H](OC3OC[C@@H](O)[C@H](O)[C@H]3C)C(C)(C)[C@@H]5CC[C@H]4[C@]1(C)[C@H]2O. The number of aliphatic hydroxyl groups excluding tert-OH is 3. The molecule has 0 aromatic carbocycles. The van der Waals surface area contributed by atoms with E-state index in [0.29, 0.717) is 18.3 Å². The predicted molar refractivity (Wildman–Crippen MR) is 163 cm³/mol. The minimum atomic E-state index is -1.50. The molecular formula is C36H59FO7. The van der Waals surface area contributed by atoms with Crippen LogP contribution in [0.5, 0.6) is 0 Å². The van der Waals surface area contributed by atoms with Crippen LogP contribution in [0, 0.1) is 56.7 Å². The van der Waals surface area contributed by atoms with E-state index in [4.69, 9.17) is 14.2 Å². The minimum absolute atomic E-state index is 0.0159. The van der Waals surface area contributed by atoms with E-state index in [-0.39, 0.29) is 57.5 Å². The van der Waals surface area contributed by atoms with Gasteiger partial charge in [-0.2, -0.15) is 0 Å². The highest BCUT2D eigenvalue weighted by atomic mass is 19.1. The largest absolute Gasteiger partial charge is 0.390 e. The van der Waals surface area contributed by atoms with E-state index in [2.05, 4.69) is 34.6 Å². The summed E-state index contributed by atoms with van der Waals surface area (Å²) in [4.78, 5) is 0. The van der Waals surface area contributed by atoms with Gasteiger partial charge < -0.3 is 34.6 Å². The first-order valence-corrected chi connectivity index (χ1v) is 17.7. The van der Waals surface area contributed by atoms with Crippen LogP contribution in [0.1, 0.15) is 107 Å². The Morgan fingerprint density at radius 3 is 2.27 bits per heavy atom. The average molecular weight is 623 g/mol. The lowest BCUT2D eigenvalue weighted by molar-refractivity contribution is -0.286. The lowest BCUT2D eigenvalue weighted by Crippen LogP contribution is -2.60. The third-order valence-corrected chi connectivity index (χ3v) is 15.9. The molecule has 5 aliphatic carbocycles. The molecule has 7 fully saturated rings. The van der Waals surface area contributed by atoms with Crippen molar-refractivity contribution in [2.24, 2.45) is 56.7 Å². The Kier molecular flexibility index (Phi) is 7.21. The lowest BCUT2D eigenvalue weighted by atomic mass is 9.41. The Morgan fingerprint density at radius 2 is 1.59 bits per heavy atom. The minimum Gasteiger partial charge on any atom is -0.390 e. The second kappa shape index (κ2) is 9.85. The molecule has 0 bridgehead atoms. The van der Waals surface area contributed by atoms with Gasteiger partial charge in [0.25, 0.3) is 0 Å². The number of hydrogen-bond donors (Lipinski definition) is 4. The smallest absolute Gasteiger partial charge is 0.163 e. The molecule has 8 heteroatoms. The molecule has 2 aliphatic heterocycles. The van der Waals surface area contributed by atoms with Crippen LogP contribution < -0.4 is 0 Å². The monoisotopic (exact) mass is 622 g/mol. The molecule has 7 aliphatic rings. The summed E-state index contributed by atoms with van der Waals surface area (Å²) in [6.45, 7) is 16.7. The van der Waals surface area contributed by atoms with Gasteiger partial charge in [-0.1, -0.05) is 41.5 Å². The Hall–Kier alpha value is -0.350. The van der Waals surface area contributed by atoms with Gasteiger partial charge in [-0.15, -0.1) is 0 Å². The molecule has 7 nitrogen and oxygen atoms in total. The quantitative estimate of drug-likeness (QED) is 0.327. The van der Waals surface area contributed by atoms with E-state index in [1.807, 2.05) is 6.92 Å². The molecule has 2 saturated heterocycles. The first kappa shape index (κ1) is 32.2. The van der Waals surface area contributed by atoms with Gasteiger partial charge in [0, 0.05) is 11.3 Å². The summed E-state index contributed by atoms with van der Waals surface area (Å²) >= 11 is 0. The molecule has 44 heavy (non-hydrogen) atoms. The van der Waals surface area contributed by atoms with Crippen LogP contribution in [-0.2, 0) is 14.2 Å². The molecule has 5 saturated carbocycles. The van der Waals surface area contributed by atoms with Crippen molar-refractivity contribution in [3.8, 4) is 0 Å². The van der Waals surface area contributed by atoms with Crippen LogP contribution in [0.2, 0.25) is 0 Å². The van der Waals surface area contributed by atoms with Crippen molar-refractivity contribution in [3.05, 3.63) is 0 Å². The maximum atomic E-state index is 15.4. The van der Waals surface area contributed by atoms with Crippen molar-refractivity contribution in [1.29, 1.82) is 0 Å². The summed E-state index contributed by atoms with van der Waals surface area (Å²) in [6.07, 6.45) is 2.74. The molecular weight excluding hydrogens is 563 g/mol. The summed E-state index contributed by atoms with van der Waals surface area (Å²) in [7, 11) is 0. The van der Waals surface area contributed by atoms with Crippen molar-refractivity contribution in [2.45, 2.75) is 161 Å². The fourth-order valence-corrected chi connectivity index (χ4v) is 13.5. The van der Waals surface area contributed by atoms with Crippen LogP contribution in [0.3, 0.4) is 0 Å². The highest BCUT2D eigenvalue weighted by Crippen LogP contribution is 2.89. The second-order valence-electron chi connectivity index (χ2n) is 18.4. The van der Waals surface area contributed by atoms with Crippen molar-refractivity contribution < 1.29 is 39.0 Å².